The first kappa shape index (κ1) is 14.2. The highest BCUT2D eigenvalue weighted by Gasteiger charge is 2.19. The summed E-state index contributed by atoms with van der Waals surface area (Å²) in [6, 6.07) is 5.39. The van der Waals surface area contributed by atoms with Gasteiger partial charge in [-0.3, -0.25) is 5.01 Å². The summed E-state index contributed by atoms with van der Waals surface area (Å²) in [6.45, 7) is 3.72. The minimum atomic E-state index is -1.05. The van der Waals surface area contributed by atoms with Crippen LogP contribution in [-0.4, -0.2) is 23.2 Å². The Morgan fingerprint density at radius 2 is 2.20 bits per heavy atom. The van der Waals surface area contributed by atoms with E-state index in [4.69, 9.17) is 16.4 Å². The van der Waals surface area contributed by atoms with Crippen LogP contribution in [0.4, 0.5) is 5.69 Å². The second-order valence-electron chi connectivity index (χ2n) is 5.01. The molecule has 20 heavy (non-hydrogen) atoms. The summed E-state index contributed by atoms with van der Waals surface area (Å²) >= 11 is 0. The number of aliphatic hydroxyl groups is 1. The maximum absolute atomic E-state index is 9.63. The second kappa shape index (κ2) is 5.41. The zero-order valence-corrected chi connectivity index (χ0v) is 11.6. The Balaban J connectivity index is 2.41. The van der Waals surface area contributed by atoms with Gasteiger partial charge in [-0.15, -0.1) is 0 Å². The lowest BCUT2D eigenvalue weighted by Crippen LogP contribution is -2.37. The fourth-order valence-electron chi connectivity index (χ4n) is 1.77. The number of fused-ring (bicyclic) bond motifs is 1. The van der Waals surface area contributed by atoms with E-state index in [1.54, 1.807) is 26.0 Å². The first-order valence-corrected chi connectivity index (χ1v) is 6.25. The quantitative estimate of drug-likeness (QED) is 0.364. The smallest absolute Gasteiger partial charge is 0.146 e. The van der Waals surface area contributed by atoms with E-state index < -0.39 is 5.60 Å². The summed E-state index contributed by atoms with van der Waals surface area (Å²) in [4.78, 5) is 0. The van der Waals surface area contributed by atoms with Crippen molar-refractivity contribution in [1.29, 1.82) is 0 Å². The molecule has 6 nitrogen and oxygen atoms in total. The molecule has 0 saturated carbocycles. The lowest BCUT2D eigenvalue weighted by Gasteiger charge is -2.18. The Hall–Kier alpha value is -2.23. The van der Waals surface area contributed by atoms with E-state index in [1.165, 1.54) is 5.01 Å². The predicted molar refractivity (Wildman–Crippen MR) is 78.0 cm³/mol. The lowest BCUT2D eigenvalue weighted by atomic mass is 10.1. The minimum absolute atomic E-state index is 0.464. The molecule has 1 aromatic carbocycles. The van der Waals surface area contributed by atoms with Crippen LogP contribution in [0, 0.1) is 11.8 Å². The van der Waals surface area contributed by atoms with E-state index in [0.29, 0.717) is 30.3 Å². The van der Waals surface area contributed by atoms with Gasteiger partial charge in [0.15, 0.2) is 0 Å². The molecular weight excluding hydrogens is 256 g/mol. The summed E-state index contributed by atoms with van der Waals surface area (Å²) in [7, 11) is 0. The first-order valence-electron chi connectivity index (χ1n) is 6.25. The minimum Gasteiger partial charge on any atom is -0.491 e. The number of rotatable bonds is 0. The Bertz CT molecular complexity index is 593. The van der Waals surface area contributed by atoms with E-state index in [9.17, 15) is 5.11 Å². The molecule has 0 fully saturated rings. The fraction of sp³-hybridized carbons (Fsp3) is 0.357. The van der Waals surface area contributed by atoms with Crippen molar-refractivity contribution in [3.8, 4) is 17.6 Å². The van der Waals surface area contributed by atoms with Gasteiger partial charge in [0.25, 0.3) is 0 Å². The number of ether oxygens (including phenoxy) is 1. The van der Waals surface area contributed by atoms with Gasteiger partial charge >= 0.3 is 0 Å². The van der Waals surface area contributed by atoms with E-state index in [2.05, 4.69) is 16.9 Å². The van der Waals surface area contributed by atoms with Crippen LogP contribution in [0.5, 0.6) is 5.75 Å². The van der Waals surface area contributed by atoms with Crippen molar-refractivity contribution in [3.05, 3.63) is 23.8 Å². The number of nitrogens with zero attached hydrogens (tertiary/aromatic N) is 2. The van der Waals surface area contributed by atoms with Crippen molar-refractivity contribution >= 4 is 11.5 Å². The Labute approximate surface area is 118 Å². The molecule has 1 heterocycles. The summed E-state index contributed by atoms with van der Waals surface area (Å²) in [5.41, 5.74) is 0.327. The van der Waals surface area contributed by atoms with Crippen LogP contribution >= 0.6 is 0 Å². The molecule has 0 aromatic heterocycles. The predicted octanol–water partition coefficient (Wildman–Crippen LogP) is 0.544. The third-order valence-corrected chi connectivity index (χ3v) is 2.74. The number of amidine groups is 1. The van der Waals surface area contributed by atoms with Gasteiger partial charge in [-0.2, -0.15) is 5.10 Å². The van der Waals surface area contributed by atoms with Crippen LogP contribution in [0.1, 0.15) is 25.8 Å². The molecule has 6 heteroatoms. The molecule has 0 aliphatic carbocycles. The first-order chi connectivity index (χ1) is 9.40. The molecule has 0 saturated heterocycles. The average molecular weight is 274 g/mol. The third-order valence-electron chi connectivity index (χ3n) is 2.74. The molecule has 0 bridgehead atoms. The van der Waals surface area contributed by atoms with Crippen molar-refractivity contribution in [3.63, 3.8) is 0 Å². The van der Waals surface area contributed by atoms with Crippen LogP contribution in [-0.2, 0) is 0 Å². The second-order valence-corrected chi connectivity index (χ2v) is 5.01. The van der Waals surface area contributed by atoms with E-state index >= 15 is 0 Å². The van der Waals surface area contributed by atoms with Gasteiger partial charge in [0.2, 0.25) is 0 Å². The third kappa shape index (κ3) is 3.20. The molecule has 0 atom stereocenters. The molecule has 0 radical (unpaired) electrons. The van der Waals surface area contributed by atoms with Gasteiger partial charge in [-0.25, -0.2) is 5.84 Å². The highest BCUT2D eigenvalue weighted by atomic mass is 16.5. The fourth-order valence-corrected chi connectivity index (χ4v) is 1.77. The van der Waals surface area contributed by atoms with Crippen molar-refractivity contribution in [1.82, 2.24) is 0 Å². The molecule has 1 aromatic rings. The maximum atomic E-state index is 9.63. The molecule has 106 valence electrons. The largest absolute Gasteiger partial charge is 0.491 e. The van der Waals surface area contributed by atoms with Gasteiger partial charge in [0.05, 0.1) is 6.61 Å². The van der Waals surface area contributed by atoms with Crippen molar-refractivity contribution in [2.75, 3.05) is 11.6 Å². The number of hydrogen-bond donors (Lipinski definition) is 3. The molecule has 2 rings (SSSR count). The van der Waals surface area contributed by atoms with E-state index in [-0.39, 0.29) is 0 Å². The van der Waals surface area contributed by atoms with Crippen molar-refractivity contribution < 1.29 is 9.84 Å². The van der Waals surface area contributed by atoms with Crippen LogP contribution < -0.4 is 21.4 Å². The topological polar surface area (TPSA) is 97.1 Å². The van der Waals surface area contributed by atoms with Crippen LogP contribution in [0.15, 0.2) is 23.3 Å². The Kier molecular flexibility index (Phi) is 3.84. The monoisotopic (exact) mass is 274 g/mol. The standard InChI is InChI=1S/C14H18N4O2/c1-14(2,19)7-5-10-3-4-12-11(9-10)18(16)13(17-15)6-8-20-12/h3-4,9,19H,6,8,15-16H2,1-2H3/b17-13-. The van der Waals surface area contributed by atoms with Gasteiger partial charge in [-0.05, 0) is 32.0 Å². The molecular formula is C14H18N4O2. The molecule has 0 amide bonds. The molecule has 1 aliphatic heterocycles. The van der Waals surface area contributed by atoms with Gasteiger partial charge in [-0.1, -0.05) is 11.8 Å². The van der Waals surface area contributed by atoms with Crippen LogP contribution in [0.3, 0.4) is 0 Å². The number of hydrazine groups is 1. The van der Waals surface area contributed by atoms with Gasteiger partial charge < -0.3 is 15.7 Å². The highest BCUT2D eigenvalue weighted by molar-refractivity contribution is 5.98. The number of nitrogens with two attached hydrogens (primary N) is 2. The Morgan fingerprint density at radius 1 is 1.45 bits per heavy atom. The van der Waals surface area contributed by atoms with Crippen molar-refractivity contribution in [2.24, 2.45) is 16.8 Å². The zero-order chi connectivity index (χ0) is 14.8. The van der Waals surface area contributed by atoms with Crippen LogP contribution in [0.2, 0.25) is 0 Å². The Morgan fingerprint density at radius 3 is 2.85 bits per heavy atom. The molecule has 0 unspecified atom stereocenters. The molecule has 5 N–H and O–H groups in total. The highest BCUT2D eigenvalue weighted by Crippen LogP contribution is 2.30. The number of anilines is 1. The van der Waals surface area contributed by atoms with E-state index in [0.717, 1.165) is 5.56 Å². The SMILES string of the molecule is CC(C)(O)C#Cc1ccc2c(c1)N(N)/C(=N\N)CCO2. The van der Waals surface area contributed by atoms with E-state index in [1.807, 2.05) is 6.07 Å². The molecule has 1 aliphatic rings. The summed E-state index contributed by atoms with van der Waals surface area (Å²) in [5, 5.41) is 14.7. The van der Waals surface area contributed by atoms with Gasteiger partial charge in [0, 0.05) is 12.0 Å². The number of hydrazone groups is 1. The molecule has 0 spiro atoms. The normalized spacial score (nSPS) is 16.8. The lowest BCUT2D eigenvalue weighted by molar-refractivity contribution is 0.143. The van der Waals surface area contributed by atoms with Crippen molar-refractivity contribution in [2.45, 2.75) is 25.9 Å². The zero-order valence-electron chi connectivity index (χ0n) is 11.6. The maximum Gasteiger partial charge on any atom is 0.146 e. The summed E-state index contributed by atoms with van der Waals surface area (Å²) in [6.07, 6.45) is 0.534. The average Bonchev–Trinajstić information content (AvgIpc) is 2.55. The number of hydrogen-bond acceptors (Lipinski definition) is 5. The van der Waals surface area contributed by atoms with Gasteiger partial charge in [0.1, 0.15) is 22.9 Å². The van der Waals surface area contributed by atoms with Crippen LogP contribution in [0.25, 0.3) is 0 Å². The summed E-state index contributed by atoms with van der Waals surface area (Å²) in [5.74, 6) is 18.2. The number of benzene rings is 1. The summed E-state index contributed by atoms with van der Waals surface area (Å²) < 4.78 is 5.60.